The third-order valence-electron chi connectivity index (χ3n) is 4.75. The molecule has 2 unspecified atom stereocenters. The number of aliphatic carboxylic acids is 1. The third-order valence-corrected chi connectivity index (χ3v) is 4.75. The molecule has 1 saturated heterocycles. The SMILES string of the molecule is CC1CCN(C(=O)NC2(CC(=O)O)CCCC2)C1CO. The zero-order valence-electron chi connectivity index (χ0n) is 12.0. The molecule has 0 bridgehead atoms. The number of amides is 2. The van der Waals surface area contributed by atoms with E-state index in [0.717, 1.165) is 32.1 Å². The van der Waals surface area contributed by atoms with E-state index >= 15 is 0 Å². The highest BCUT2D eigenvalue weighted by Gasteiger charge is 2.41. The average molecular weight is 284 g/mol. The first kappa shape index (κ1) is 15.1. The topological polar surface area (TPSA) is 89.9 Å². The van der Waals surface area contributed by atoms with E-state index in [4.69, 9.17) is 5.11 Å². The molecule has 2 amide bonds. The van der Waals surface area contributed by atoms with Crippen LogP contribution in [0.15, 0.2) is 0 Å². The quantitative estimate of drug-likeness (QED) is 0.723. The number of likely N-dealkylation sites (tertiary alicyclic amines) is 1. The first-order chi connectivity index (χ1) is 9.47. The lowest BCUT2D eigenvalue weighted by Crippen LogP contribution is -2.54. The lowest BCUT2D eigenvalue weighted by molar-refractivity contribution is -0.138. The summed E-state index contributed by atoms with van der Waals surface area (Å²) in [6.07, 6.45) is 4.20. The molecule has 2 fully saturated rings. The normalized spacial score (nSPS) is 28.6. The largest absolute Gasteiger partial charge is 0.481 e. The minimum absolute atomic E-state index is 0.0219. The second-order valence-corrected chi connectivity index (χ2v) is 6.20. The standard InChI is InChI=1S/C14H24N2O4/c1-10-4-7-16(11(10)9-17)13(20)15-14(8-12(18)19)5-2-3-6-14/h10-11,17H,2-9H2,1H3,(H,15,20)(H,18,19). The van der Waals surface area contributed by atoms with E-state index in [1.807, 2.05) is 6.92 Å². The third kappa shape index (κ3) is 3.06. The number of rotatable bonds is 4. The Balaban J connectivity index is 2.03. The summed E-state index contributed by atoms with van der Waals surface area (Å²) in [5, 5.41) is 21.4. The van der Waals surface area contributed by atoms with E-state index in [2.05, 4.69) is 5.32 Å². The minimum atomic E-state index is -0.874. The van der Waals surface area contributed by atoms with Crippen molar-refractivity contribution < 1.29 is 19.8 Å². The molecule has 1 aliphatic heterocycles. The first-order valence-corrected chi connectivity index (χ1v) is 7.39. The van der Waals surface area contributed by atoms with Gasteiger partial charge in [0.2, 0.25) is 0 Å². The monoisotopic (exact) mass is 284 g/mol. The van der Waals surface area contributed by atoms with Crippen LogP contribution in [-0.2, 0) is 4.79 Å². The molecule has 2 atom stereocenters. The summed E-state index contributed by atoms with van der Waals surface area (Å²) in [4.78, 5) is 25.1. The van der Waals surface area contributed by atoms with E-state index in [-0.39, 0.29) is 31.0 Å². The van der Waals surface area contributed by atoms with Gasteiger partial charge in [0, 0.05) is 6.54 Å². The van der Waals surface area contributed by atoms with Gasteiger partial charge in [-0.3, -0.25) is 4.79 Å². The van der Waals surface area contributed by atoms with E-state index in [9.17, 15) is 14.7 Å². The fraction of sp³-hybridized carbons (Fsp3) is 0.857. The Labute approximate surface area is 119 Å². The predicted octanol–water partition coefficient (Wildman–Crippen LogP) is 1.19. The van der Waals surface area contributed by atoms with Gasteiger partial charge in [0.25, 0.3) is 0 Å². The van der Waals surface area contributed by atoms with Crippen molar-refractivity contribution in [3.05, 3.63) is 0 Å². The summed E-state index contributed by atoms with van der Waals surface area (Å²) in [7, 11) is 0. The average Bonchev–Trinajstić information content (AvgIpc) is 2.95. The van der Waals surface area contributed by atoms with Crippen LogP contribution in [0.25, 0.3) is 0 Å². The van der Waals surface area contributed by atoms with Crippen molar-refractivity contribution in [3.8, 4) is 0 Å². The number of hydrogen-bond donors (Lipinski definition) is 3. The second kappa shape index (κ2) is 5.99. The maximum atomic E-state index is 12.4. The second-order valence-electron chi connectivity index (χ2n) is 6.20. The molecule has 6 heteroatoms. The molecular weight excluding hydrogens is 260 g/mol. The fourth-order valence-electron chi connectivity index (χ4n) is 3.52. The van der Waals surface area contributed by atoms with Gasteiger partial charge in [0.15, 0.2) is 0 Å². The Morgan fingerprint density at radius 2 is 2.00 bits per heavy atom. The molecular formula is C14H24N2O4. The molecule has 3 N–H and O–H groups in total. The zero-order valence-corrected chi connectivity index (χ0v) is 12.0. The summed E-state index contributed by atoms with van der Waals surface area (Å²) in [6, 6.07) is -0.380. The smallest absolute Gasteiger partial charge is 0.318 e. The summed E-state index contributed by atoms with van der Waals surface area (Å²) in [6.45, 7) is 2.61. The lowest BCUT2D eigenvalue weighted by Gasteiger charge is -2.33. The molecule has 0 aromatic rings. The van der Waals surface area contributed by atoms with Crippen LogP contribution in [0.2, 0.25) is 0 Å². The Morgan fingerprint density at radius 3 is 2.55 bits per heavy atom. The van der Waals surface area contributed by atoms with Gasteiger partial charge in [-0.15, -0.1) is 0 Å². The van der Waals surface area contributed by atoms with Gasteiger partial charge in [-0.25, -0.2) is 4.79 Å². The molecule has 0 radical (unpaired) electrons. The number of carboxylic acids is 1. The van der Waals surface area contributed by atoms with Crippen molar-refractivity contribution >= 4 is 12.0 Å². The van der Waals surface area contributed by atoms with Gasteiger partial charge in [0.1, 0.15) is 0 Å². The highest BCUT2D eigenvalue weighted by atomic mass is 16.4. The van der Waals surface area contributed by atoms with E-state index in [0.29, 0.717) is 6.54 Å². The molecule has 0 aromatic heterocycles. The number of carbonyl (C=O) groups excluding carboxylic acids is 1. The maximum Gasteiger partial charge on any atom is 0.318 e. The Bertz CT molecular complexity index is 379. The van der Waals surface area contributed by atoms with E-state index in [1.54, 1.807) is 4.90 Å². The molecule has 1 saturated carbocycles. The molecule has 0 aromatic carbocycles. The highest BCUT2D eigenvalue weighted by molar-refractivity contribution is 5.77. The van der Waals surface area contributed by atoms with Crippen molar-refractivity contribution in [2.45, 2.75) is 57.0 Å². The highest BCUT2D eigenvalue weighted by Crippen LogP contribution is 2.33. The van der Waals surface area contributed by atoms with E-state index in [1.165, 1.54) is 0 Å². The van der Waals surface area contributed by atoms with Crippen molar-refractivity contribution in [2.24, 2.45) is 5.92 Å². The van der Waals surface area contributed by atoms with Gasteiger partial charge in [0.05, 0.1) is 24.6 Å². The van der Waals surface area contributed by atoms with Gasteiger partial charge in [-0.1, -0.05) is 19.8 Å². The summed E-state index contributed by atoms with van der Waals surface area (Å²) in [5.74, 6) is -0.592. The lowest BCUT2D eigenvalue weighted by atomic mass is 9.93. The number of aliphatic hydroxyl groups is 1. The number of hydrogen-bond acceptors (Lipinski definition) is 3. The van der Waals surface area contributed by atoms with Gasteiger partial charge < -0.3 is 20.4 Å². The van der Waals surface area contributed by atoms with Gasteiger partial charge in [-0.05, 0) is 25.2 Å². The van der Waals surface area contributed by atoms with Gasteiger partial charge >= 0.3 is 12.0 Å². The molecule has 2 rings (SSSR count). The molecule has 20 heavy (non-hydrogen) atoms. The molecule has 6 nitrogen and oxygen atoms in total. The number of carboxylic acid groups (broad SMARTS) is 1. The van der Waals surface area contributed by atoms with Crippen LogP contribution in [0, 0.1) is 5.92 Å². The van der Waals surface area contributed by atoms with Crippen molar-refractivity contribution in [3.63, 3.8) is 0 Å². The Hall–Kier alpha value is -1.30. The van der Waals surface area contributed by atoms with Crippen molar-refractivity contribution in [1.82, 2.24) is 10.2 Å². The summed E-state index contributed by atoms with van der Waals surface area (Å²) >= 11 is 0. The van der Waals surface area contributed by atoms with Crippen LogP contribution >= 0.6 is 0 Å². The minimum Gasteiger partial charge on any atom is -0.481 e. The number of nitrogens with zero attached hydrogens (tertiary/aromatic N) is 1. The Morgan fingerprint density at radius 1 is 1.35 bits per heavy atom. The number of nitrogens with one attached hydrogen (secondary N) is 1. The van der Waals surface area contributed by atoms with E-state index < -0.39 is 11.5 Å². The van der Waals surface area contributed by atoms with Crippen LogP contribution in [-0.4, -0.2) is 51.8 Å². The predicted molar refractivity (Wildman–Crippen MR) is 73.3 cm³/mol. The number of urea groups is 1. The molecule has 2 aliphatic rings. The zero-order chi connectivity index (χ0) is 14.8. The van der Waals surface area contributed by atoms with Gasteiger partial charge in [-0.2, -0.15) is 0 Å². The summed E-state index contributed by atoms with van der Waals surface area (Å²) < 4.78 is 0. The van der Waals surface area contributed by atoms with Crippen molar-refractivity contribution in [2.75, 3.05) is 13.2 Å². The molecule has 114 valence electrons. The van der Waals surface area contributed by atoms with Crippen LogP contribution in [0.1, 0.15) is 45.4 Å². The molecule has 1 heterocycles. The molecule has 1 aliphatic carbocycles. The van der Waals surface area contributed by atoms with Crippen LogP contribution < -0.4 is 5.32 Å². The van der Waals surface area contributed by atoms with Crippen molar-refractivity contribution in [1.29, 1.82) is 0 Å². The van der Waals surface area contributed by atoms with Crippen LogP contribution in [0.5, 0.6) is 0 Å². The number of aliphatic hydroxyl groups excluding tert-OH is 1. The van der Waals surface area contributed by atoms with Crippen LogP contribution in [0.3, 0.4) is 0 Å². The summed E-state index contributed by atoms with van der Waals surface area (Å²) in [5.41, 5.74) is -0.602. The molecule has 0 spiro atoms. The number of carbonyl (C=O) groups is 2. The Kier molecular flexibility index (Phi) is 4.52. The van der Waals surface area contributed by atoms with Crippen LogP contribution in [0.4, 0.5) is 4.79 Å². The first-order valence-electron chi connectivity index (χ1n) is 7.39. The fourth-order valence-corrected chi connectivity index (χ4v) is 3.52. The maximum absolute atomic E-state index is 12.4.